The van der Waals surface area contributed by atoms with Gasteiger partial charge in [0.05, 0.1) is 14.2 Å². The van der Waals surface area contributed by atoms with Crippen LogP contribution in [-0.4, -0.2) is 44.2 Å². The van der Waals surface area contributed by atoms with Gasteiger partial charge in [0.1, 0.15) is 0 Å². The second kappa shape index (κ2) is 9.74. The molecule has 1 fully saturated rings. The van der Waals surface area contributed by atoms with Gasteiger partial charge >= 0.3 is 0 Å². The molecule has 6 heteroatoms. The molecule has 2 rings (SSSR count). The number of hydrogen-bond donors (Lipinski definition) is 1. The summed E-state index contributed by atoms with van der Waals surface area (Å²) in [5, 5.41) is 0. The van der Waals surface area contributed by atoms with Crippen LogP contribution in [0.5, 0.6) is 11.5 Å². The van der Waals surface area contributed by atoms with Crippen LogP contribution in [0.3, 0.4) is 0 Å². The Morgan fingerprint density at radius 1 is 1.25 bits per heavy atom. The Hall–Kier alpha value is -1.46. The molecule has 0 saturated carbocycles. The average molecular weight is 357 g/mol. The van der Waals surface area contributed by atoms with Crippen LogP contribution in [0.1, 0.15) is 31.7 Å². The molecular weight excluding hydrogens is 328 g/mol. The van der Waals surface area contributed by atoms with Gasteiger partial charge in [0, 0.05) is 25.6 Å². The van der Waals surface area contributed by atoms with Crippen molar-refractivity contribution in [3.8, 4) is 11.5 Å². The highest BCUT2D eigenvalue weighted by Crippen LogP contribution is 2.28. The summed E-state index contributed by atoms with van der Waals surface area (Å²) >= 11 is 0. The van der Waals surface area contributed by atoms with Crippen molar-refractivity contribution in [3.05, 3.63) is 23.8 Å². The third-order valence-corrected chi connectivity index (χ3v) is 4.71. The van der Waals surface area contributed by atoms with Crippen LogP contribution < -0.4 is 15.2 Å². The SMILES string of the molecule is COc1ccc(CCC(=O)N2CCC(C(C)N)CC2)cc1OC.Cl. The molecule has 1 atom stereocenters. The Bertz CT molecular complexity index is 529. The Kier molecular flexibility index (Phi) is 8.36. The summed E-state index contributed by atoms with van der Waals surface area (Å²) in [5.74, 6) is 2.18. The van der Waals surface area contributed by atoms with Crippen LogP contribution >= 0.6 is 12.4 Å². The number of ether oxygens (including phenoxy) is 2. The lowest BCUT2D eigenvalue weighted by molar-refractivity contribution is -0.132. The van der Waals surface area contributed by atoms with Crippen LogP contribution in [0, 0.1) is 5.92 Å². The average Bonchev–Trinajstić information content (AvgIpc) is 2.59. The lowest BCUT2D eigenvalue weighted by Gasteiger charge is -2.33. The molecule has 0 spiro atoms. The second-order valence-electron chi connectivity index (χ2n) is 6.27. The van der Waals surface area contributed by atoms with E-state index < -0.39 is 0 Å². The number of nitrogens with two attached hydrogens (primary N) is 1. The van der Waals surface area contributed by atoms with E-state index in [1.54, 1.807) is 14.2 Å². The summed E-state index contributed by atoms with van der Waals surface area (Å²) < 4.78 is 10.5. The summed E-state index contributed by atoms with van der Waals surface area (Å²) in [6, 6.07) is 6.03. The van der Waals surface area contributed by atoms with Gasteiger partial charge in [-0.15, -0.1) is 12.4 Å². The minimum Gasteiger partial charge on any atom is -0.493 e. The summed E-state index contributed by atoms with van der Waals surface area (Å²) in [6.07, 6.45) is 3.27. The topological polar surface area (TPSA) is 64.8 Å². The largest absolute Gasteiger partial charge is 0.493 e. The van der Waals surface area contributed by atoms with E-state index in [1.807, 2.05) is 23.1 Å². The van der Waals surface area contributed by atoms with E-state index >= 15 is 0 Å². The molecule has 2 N–H and O–H groups in total. The first-order valence-corrected chi connectivity index (χ1v) is 8.29. The highest BCUT2D eigenvalue weighted by atomic mass is 35.5. The maximum Gasteiger partial charge on any atom is 0.222 e. The van der Waals surface area contributed by atoms with Crippen LogP contribution in [-0.2, 0) is 11.2 Å². The van der Waals surface area contributed by atoms with Crippen LogP contribution in [0.15, 0.2) is 18.2 Å². The molecule has 1 aliphatic rings. The van der Waals surface area contributed by atoms with Crippen molar-refractivity contribution in [3.63, 3.8) is 0 Å². The number of halogens is 1. The van der Waals surface area contributed by atoms with Gasteiger partial charge in [-0.05, 0) is 49.8 Å². The van der Waals surface area contributed by atoms with Crippen molar-refractivity contribution in [2.24, 2.45) is 11.7 Å². The molecule has 1 aliphatic heterocycles. The van der Waals surface area contributed by atoms with Gasteiger partial charge in [0.25, 0.3) is 0 Å². The number of carbonyl (C=O) groups is 1. The fourth-order valence-electron chi connectivity index (χ4n) is 3.12. The lowest BCUT2D eigenvalue weighted by atomic mass is 9.91. The minimum absolute atomic E-state index is 0. The van der Waals surface area contributed by atoms with Gasteiger partial charge in [0.2, 0.25) is 5.91 Å². The van der Waals surface area contributed by atoms with E-state index in [1.165, 1.54) is 0 Å². The molecule has 1 unspecified atom stereocenters. The third-order valence-electron chi connectivity index (χ3n) is 4.71. The van der Waals surface area contributed by atoms with Crippen LogP contribution in [0.4, 0.5) is 0 Å². The van der Waals surface area contributed by atoms with Gasteiger partial charge in [-0.3, -0.25) is 4.79 Å². The van der Waals surface area contributed by atoms with Gasteiger partial charge in [-0.2, -0.15) is 0 Å². The molecule has 0 bridgehead atoms. The normalized spacial score (nSPS) is 16.2. The summed E-state index contributed by atoms with van der Waals surface area (Å²) in [7, 11) is 3.24. The van der Waals surface area contributed by atoms with Crippen molar-refractivity contribution < 1.29 is 14.3 Å². The Morgan fingerprint density at radius 2 is 1.88 bits per heavy atom. The molecule has 0 aromatic heterocycles. The quantitative estimate of drug-likeness (QED) is 0.851. The predicted octanol–water partition coefficient (Wildman–Crippen LogP) is 2.64. The number of aryl methyl sites for hydroxylation is 1. The van der Waals surface area contributed by atoms with Gasteiger partial charge in [-0.25, -0.2) is 0 Å². The van der Waals surface area contributed by atoms with E-state index in [2.05, 4.69) is 6.92 Å². The first-order valence-electron chi connectivity index (χ1n) is 8.29. The molecule has 1 saturated heterocycles. The monoisotopic (exact) mass is 356 g/mol. The maximum absolute atomic E-state index is 12.4. The van der Waals surface area contributed by atoms with E-state index in [0.717, 1.165) is 31.5 Å². The minimum atomic E-state index is 0. The van der Waals surface area contributed by atoms with Gasteiger partial charge < -0.3 is 20.1 Å². The Labute approximate surface area is 150 Å². The Balaban J connectivity index is 0.00000288. The molecule has 1 aromatic rings. The van der Waals surface area contributed by atoms with E-state index in [0.29, 0.717) is 30.3 Å². The number of piperidine rings is 1. The fraction of sp³-hybridized carbons (Fsp3) is 0.611. The van der Waals surface area contributed by atoms with Crippen molar-refractivity contribution in [1.29, 1.82) is 0 Å². The molecular formula is C18H29ClN2O3. The van der Waals surface area contributed by atoms with Crippen molar-refractivity contribution >= 4 is 18.3 Å². The smallest absolute Gasteiger partial charge is 0.222 e. The number of carbonyl (C=O) groups excluding carboxylic acids is 1. The standard InChI is InChI=1S/C18H28N2O3.ClH/c1-13(19)15-8-10-20(11-9-15)18(21)7-5-14-4-6-16(22-2)17(12-14)23-3;/h4,6,12-13,15H,5,7-11,19H2,1-3H3;1H. The lowest BCUT2D eigenvalue weighted by Crippen LogP contribution is -2.42. The number of methoxy groups -OCH3 is 2. The first kappa shape index (κ1) is 20.6. The second-order valence-corrected chi connectivity index (χ2v) is 6.27. The molecule has 1 heterocycles. The number of amides is 1. The summed E-state index contributed by atoms with van der Waals surface area (Å²) in [4.78, 5) is 14.3. The van der Waals surface area contributed by atoms with E-state index in [-0.39, 0.29) is 24.4 Å². The van der Waals surface area contributed by atoms with Gasteiger partial charge in [-0.1, -0.05) is 6.07 Å². The molecule has 1 aromatic carbocycles. The Morgan fingerprint density at radius 3 is 2.42 bits per heavy atom. The summed E-state index contributed by atoms with van der Waals surface area (Å²) in [6.45, 7) is 3.72. The summed E-state index contributed by atoms with van der Waals surface area (Å²) in [5.41, 5.74) is 7.03. The number of rotatable bonds is 6. The maximum atomic E-state index is 12.4. The molecule has 5 nitrogen and oxygen atoms in total. The number of likely N-dealkylation sites (tertiary alicyclic amines) is 1. The number of hydrogen-bond acceptors (Lipinski definition) is 4. The molecule has 1 amide bonds. The molecule has 0 aliphatic carbocycles. The van der Waals surface area contributed by atoms with Crippen molar-refractivity contribution in [1.82, 2.24) is 4.90 Å². The zero-order valence-electron chi connectivity index (χ0n) is 14.8. The molecule has 136 valence electrons. The van der Waals surface area contributed by atoms with Crippen molar-refractivity contribution in [2.75, 3.05) is 27.3 Å². The number of nitrogens with zero attached hydrogens (tertiary/aromatic N) is 1. The van der Waals surface area contributed by atoms with Crippen LogP contribution in [0.25, 0.3) is 0 Å². The van der Waals surface area contributed by atoms with E-state index in [9.17, 15) is 4.79 Å². The van der Waals surface area contributed by atoms with Crippen molar-refractivity contribution in [2.45, 2.75) is 38.6 Å². The molecule has 0 radical (unpaired) electrons. The highest BCUT2D eigenvalue weighted by Gasteiger charge is 2.24. The zero-order chi connectivity index (χ0) is 16.8. The van der Waals surface area contributed by atoms with Gasteiger partial charge in [0.15, 0.2) is 11.5 Å². The van der Waals surface area contributed by atoms with E-state index in [4.69, 9.17) is 15.2 Å². The predicted molar refractivity (Wildman–Crippen MR) is 98.1 cm³/mol. The third kappa shape index (κ3) is 5.28. The highest BCUT2D eigenvalue weighted by molar-refractivity contribution is 5.85. The first-order chi connectivity index (χ1) is 11.0. The fourth-order valence-corrected chi connectivity index (χ4v) is 3.12. The zero-order valence-corrected chi connectivity index (χ0v) is 15.6. The number of benzene rings is 1. The van der Waals surface area contributed by atoms with Crippen LogP contribution in [0.2, 0.25) is 0 Å². The molecule has 24 heavy (non-hydrogen) atoms.